The van der Waals surface area contributed by atoms with Gasteiger partial charge < -0.3 is 10.6 Å². The molecule has 6 nitrogen and oxygen atoms in total. The highest BCUT2D eigenvalue weighted by atomic mass is 35.5. The van der Waals surface area contributed by atoms with Gasteiger partial charge in [-0.25, -0.2) is 8.42 Å². The fourth-order valence-electron chi connectivity index (χ4n) is 2.41. The van der Waals surface area contributed by atoms with Crippen molar-refractivity contribution in [2.75, 3.05) is 18.1 Å². The number of anilines is 1. The molecule has 0 aliphatic rings. The standard InChI is InChI=1S/C19H21ClN2O4S/c1-27(25,26)13-14-4-2-5-15(12-14)19(24)21-11-3-6-18(23)22-17-9-7-16(20)8-10-17/h2,4-5,7-10,12H,3,6,11,13H2,1H3,(H,21,24)(H,22,23). The van der Waals surface area contributed by atoms with Gasteiger partial charge in [-0.15, -0.1) is 0 Å². The summed E-state index contributed by atoms with van der Waals surface area (Å²) in [6, 6.07) is 13.3. The van der Waals surface area contributed by atoms with E-state index in [1.807, 2.05) is 0 Å². The predicted molar refractivity (Wildman–Crippen MR) is 107 cm³/mol. The third-order valence-corrected chi connectivity index (χ3v) is 4.72. The average Bonchev–Trinajstić information content (AvgIpc) is 2.59. The molecular formula is C19H21ClN2O4S. The molecule has 2 N–H and O–H groups in total. The fourth-order valence-corrected chi connectivity index (χ4v) is 3.33. The molecule has 0 aromatic heterocycles. The first kappa shape index (κ1) is 20.9. The van der Waals surface area contributed by atoms with E-state index in [0.29, 0.717) is 34.8 Å². The maximum Gasteiger partial charge on any atom is 0.251 e. The van der Waals surface area contributed by atoms with Crippen molar-refractivity contribution in [3.63, 3.8) is 0 Å². The van der Waals surface area contributed by atoms with Crippen molar-refractivity contribution < 1.29 is 18.0 Å². The molecule has 2 aromatic rings. The van der Waals surface area contributed by atoms with Crippen molar-refractivity contribution in [1.82, 2.24) is 5.32 Å². The quantitative estimate of drug-likeness (QED) is 0.656. The number of sulfone groups is 1. The maximum absolute atomic E-state index is 12.2. The molecule has 0 aliphatic carbocycles. The fraction of sp³-hybridized carbons (Fsp3) is 0.263. The lowest BCUT2D eigenvalue weighted by atomic mass is 10.1. The van der Waals surface area contributed by atoms with Crippen LogP contribution in [0.3, 0.4) is 0 Å². The molecule has 2 rings (SSSR count). The third-order valence-electron chi connectivity index (χ3n) is 3.61. The Morgan fingerprint density at radius 3 is 2.44 bits per heavy atom. The van der Waals surface area contributed by atoms with Crippen LogP contribution < -0.4 is 10.6 Å². The van der Waals surface area contributed by atoms with Gasteiger partial charge in [0.2, 0.25) is 5.91 Å². The maximum atomic E-state index is 12.2. The highest BCUT2D eigenvalue weighted by Crippen LogP contribution is 2.13. The molecule has 8 heteroatoms. The molecule has 27 heavy (non-hydrogen) atoms. The van der Waals surface area contributed by atoms with E-state index in [1.54, 1.807) is 48.5 Å². The average molecular weight is 409 g/mol. The molecule has 0 bridgehead atoms. The van der Waals surface area contributed by atoms with Crippen LogP contribution in [0.15, 0.2) is 48.5 Å². The number of hydrogen-bond donors (Lipinski definition) is 2. The molecule has 0 unspecified atom stereocenters. The molecule has 0 aliphatic heterocycles. The van der Waals surface area contributed by atoms with E-state index in [0.717, 1.165) is 6.26 Å². The van der Waals surface area contributed by atoms with Crippen molar-refractivity contribution in [3.05, 3.63) is 64.7 Å². The summed E-state index contributed by atoms with van der Waals surface area (Å²) in [6.45, 7) is 0.336. The number of hydrogen-bond acceptors (Lipinski definition) is 4. The van der Waals surface area contributed by atoms with Crippen LogP contribution >= 0.6 is 11.6 Å². The van der Waals surface area contributed by atoms with Crippen LogP contribution in [0.4, 0.5) is 5.69 Å². The zero-order valence-corrected chi connectivity index (χ0v) is 16.4. The van der Waals surface area contributed by atoms with Gasteiger partial charge in [-0.2, -0.15) is 0 Å². The predicted octanol–water partition coefficient (Wildman–Crippen LogP) is 3.03. The second-order valence-electron chi connectivity index (χ2n) is 6.18. The number of halogens is 1. The summed E-state index contributed by atoms with van der Waals surface area (Å²) >= 11 is 5.79. The van der Waals surface area contributed by atoms with Crippen molar-refractivity contribution in [3.8, 4) is 0 Å². The van der Waals surface area contributed by atoms with Gasteiger partial charge in [0.25, 0.3) is 5.91 Å². The van der Waals surface area contributed by atoms with E-state index in [-0.39, 0.29) is 24.0 Å². The van der Waals surface area contributed by atoms with Crippen molar-refractivity contribution >= 4 is 38.9 Å². The van der Waals surface area contributed by atoms with E-state index in [9.17, 15) is 18.0 Å². The first-order valence-electron chi connectivity index (χ1n) is 8.33. The molecule has 0 radical (unpaired) electrons. The van der Waals surface area contributed by atoms with Gasteiger partial charge in [0.05, 0.1) is 5.75 Å². The van der Waals surface area contributed by atoms with Crippen LogP contribution in [-0.2, 0) is 20.4 Å². The molecule has 0 saturated carbocycles. The summed E-state index contributed by atoms with van der Waals surface area (Å²) in [5, 5.41) is 6.07. The normalized spacial score (nSPS) is 11.0. The SMILES string of the molecule is CS(=O)(=O)Cc1cccc(C(=O)NCCCC(=O)Nc2ccc(Cl)cc2)c1. The lowest BCUT2D eigenvalue weighted by Gasteiger charge is -2.08. The van der Waals surface area contributed by atoms with Crippen LogP contribution in [-0.4, -0.2) is 33.0 Å². The molecule has 144 valence electrons. The number of carbonyl (C=O) groups is 2. The largest absolute Gasteiger partial charge is 0.352 e. The Morgan fingerprint density at radius 1 is 1.07 bits per heavy atom. The topological polar surface area (TPSA) is 92.3 Å². The Labute approximate surface area is 163 Å². The van der Waals surface area contributed by atoms with Gasteiger partial charge in [0, 0.05) is 35.5 Å². The summed E-state index contributed by atoms with van der Waals surface area (Å²) in [5.41, 5.74) is 1.62. The minimum Gasteiger partial charge on any atom is -0.352 e. The zero-order chi connectivity index (χ0) is 19.9. The highest BCUT2D eigenvalue weighted by molar-refractivity contribution is 7.89. The highest BCUT2D eigenvalue weighted by Gasteiger charge is 2.09. The minimum absolute atomic E-state index is 0.112. The summed E-state index contributed by atoms with van der Waals surface area (Å²) in [6.07, 6.45) is 1.89. The Kier molecular flexibility index (Phi) is 7.38. The third kappa shape index (κ3) is 7.80. The van der Waals surface area contributed by atoms with Gasteiger partial charge in [0.1, 0.15) is 0 Å². The molecule has 0 spiro atoms. The Morgan fingerprint density at radius 2 is 1.78 bits per heavy atom. The van der Waals surface area contributed by atoms with E-state index in [1.165, 1.54) is 0 Å². The van der Waals surface area contributed by atoms with Gasteiger partial charge in [-0.3, -0.25) is 9.59 Å². The molecule has 2 amide bonds. The Balaban J connectivity index is 1.76. The lowest BCUT2D eigenvalue weighted by molar-refractivity contribution is -0.116. The van der Waals surface area contributed by atoms with Crippen molar-refractivity contribution in [1.29, 1.82) is 0 Å². The molecule has 2 aromatic carbocycles. The first-order valence-corrected chi connectivity index (χ1v) is 10.8. The van der Waals surface area contributed by atoms with Crippen LogP contribution in [0.5, 0.6) is 0 Å². The summed E-state index contributed by atoms with van der Waals surface area (Å²) in [5.74, 6) is -0.566. The molecular weight excluding hydrogens is 388 g/mol. The second-order valence-corrected chi connectivity index (χ2v) is 8.76. The van der Waals surface area contributed by atoms with Gasteiger partial charge in [-0.05, 0) is 48.4 Å². The van der Waals surface area contributed by atoms with E-state index < -0.39 is 9.84 Å². The van der Waals surface area contributed by atoms with Crippen LogP contribution in [0, 0.1) is 0 Å². The minimum atomic E-state index is -3.16. The van der Waals surface area contributed by atoms with E-state index in [4.69, 9.17) is 11.6 Å². The number of nitrogens with one attached hydrogen (secondary N) is 2. The summed E-state index contributed by atoms with van der Waals surface area (Å²) in [7, 11) is -3.16. The number of rotatable bonds is 8. The van der Waals surface area contributed by atoms with Gasteiger partial charge in [0.15, 0.2) is 9.84 Å². The molecule has 0 heterocycles. The molecule has 0 fully saturated rings. The zero-order valence-electron chi connectivity index (χ0n) is 14.9. The van der Waals surface area contributed by atoms with Crippen LogP contribution in [0.25, 0.3) is 0 Å². The monoisotopic (exact) mass is 408 g/mol. The van der Waals surface area contributed by atoms with E-state index >= 15 is 0 Å². The second kappa shape index (κ2) is 9.53. The van der Waals surface area contributed by atoms with Crippen LogP contribution in [0.2, 0.25) is 5.02 Å². The van der Waals surface area contributed by atoms with Crippen LogP contribution in [0.1, 0.15) is 28.8 Å². The smallest absolute Gasteiger partial charge is 0.251 e. The summed E-state index contributed by atoms with van der Waals surface area (Å²) < 4.78 is 22.7. The Bertz CT molecular complexity index is 912. The summed E-state index contributed by atoms with van der Waals surface area (Å²) in [4.78, 5) is 24.0. The van der Waals surface area contributed by atoms with Crippen molar-refractivity contribution in [2.45, 2.75) is 18.6 Å². The van der Waals surface area contributed by atoms with E-state index in [2.05, 4.69) is 10.6 Å². The molecule has 0 saturated heterocycles. The molecule has 0 atom stereocenters. The first-order chi connectivity index (χ1) is 12.7. The lowest BCUT2D eigenvalue weighted by Crippen LogP contribution is -2.25. The Hall–Kier alpha value is -2.38. The number of amides is 2. The van der Waals surface area contributed by atoms with Gasteiger partial charge >= 0.3 is 0 Å². The number of carbonyl (C=O) groups excluding carboxylic acids is 2. The van der Waals surface area contributed by atoms with Crippen molar-refractivity contribution in [2.24, 2.45) is 0 Å². The van der Waals surface area contributed by atoms with Gasteiger partial charge in [-0.1, -0.05) is 23.7 Å². The number of benzene rings is 2.